The topological polar surface area (TPSA) is 15.3 Å². The van der Waals surface area contributed by atoms with Gasteiger partial charge in [0.15, 0.2) is 0 Å². The Morgan fingerprint density at radius 1 is 1.56 bits per heavy atom. The smallest absolute Gasteiger partial charge is 0.0701 e. The van der Waals surface area contributed by atoms with Gasteiger partial charge in [-0.1, -0.05) is 0 Å². The highest BCUT2D eigenvalue weighted by molar-refractivity contribution is 9.11. The van der Waals surface area contributed by atoms with Gasteiger partial charge in [0.2, 0.25) is 0 Å². The van der Waals surface area contributed by atoms with Crippen LogP contribution in [0.3, 0.4) is 0 Å². The largest absolute Gasteiger partial charge is 0.315 e. The summed E-state index contributed by atoms with van der Waals surface area (Å²) in [4.78, 5) is 2.37. The summed E-state index contributed by atoms with van der Waals surface area (Å²) in [6.07, 6.45) is 2.87. The van der Waals surface area contributed by atoms with Crippen LogP contribution in [0.15, 0.2) is 15.2 Å². The third-order valence-electron chi connectivity index (χ3n) is 2.87. The number of halogens is 1. The quantitative estimate of drug-likeness (QED) is 0.779. The maximum atomic E-state index is 3.52. The second-order valence-electron chi connectivity index (χ2n) is 4.64. The average molecular weight is 303 g/mol. The molecule has 0 amide bonds. The lowest BCUT2D eigenvalue weighted by Crippen LogP contribution is -2.29. The average Bonchev–Trinajstić information content (AvgIpc) is 2.98. The molecule has 0 saturated heterocycles. The van der Waals surface area contributed by atoms with E-state index in [2.05, 4.69) is 44.6 Å². The molecular formula is C12H19BrN2S. The molecule has 0 bridgehead atoms. The second-order valence-corrected chi connectivity index (χ2v) is 6.93. The summed E-state index contributed by atoms with van der Waals surface area (Å²) < 4.78 is 1.22. The van der Waals surface area contributed by atoms with E-state index < -0.39 is 0 Å². The van der Waals surface area contributed by atoms with Crippen LogP contribution >= 0.6 is 27.3 Å². The second kappa shape index (κ2) is 6.15. The predicted molar refractivity (Wildman–Crippen MR) is 73.9 cm³/mol. The number of nitrogens with one attached hydrogen (secondary N) is 1. The van der Waals surface area contributed by atoms with Gasteiger partial charge in [-0.15, -0.1) is 11.3 Å². The number of rotatable bonds is 7. The fourth-order valence-electron chi connectivity index (χ4n) is 1.72. The van der Waals surface area contributed by atoms with E-state index in [0.717, 1.165) is 25.6 Å². The van der Waals surface area contributed by atoms with Crippen LogP contribution in [0.4, 0.5) is 0 Å². The number of hydrogen-bond donors (Lipinski definition) is 1. The fraction of sp³-hybridized carbons (Fsp3) is 0.667. The highest BCUT2D eigenvalue weighted by atomic mass is 79.9. The first-order valence-electron chi connectivity index (χ1n) is 5.86. The van der Waals surface area contributed by atoms with Crippen molar-refractivity contribution < 1.29 is 0 Å². The third kappa shape index (κ3) is 4.53. The van der Waals surface area contributed by atoms with Crippen LogP contribution < -0.4 is 5.32 Å². The van der Waals surface area contributed by atoms with Crippen LogP contribution in [0.2, 0.25) is 0 Å². The Hall–Kier alpha value is 0.100. The Bertz CT molecular complexity index is 323. The number of likely N-dealkylation sites (N-methyl/N-ethyl adjacent to an activating group) is 1. The van der Waals surface area contributed by atoms with E-state index in [4.69, 9.17) is 0 Å². The zero-order valence-electron chi connectivity index (χ0n) is 9.71. The molecule has 0 unspecified atom stereocenters. The third-order valence-corrected chi connectivity index (χ3v) is 4.43. The van der Waals surface area contributed by atoms with Crippen LogP contribution in [0.25, 0.3) is 0 Å². The van der Waals surface area contributed by atoms with Crippen molar-refractivity contribution >= 4 is 27.3 Å². The lowest BCUT2D eigenvalue weighted by Gasteiger charge is -2.16. The predicted octanol–water partition coefficient (Wildman–Crippen LogP) is 2.94. The molecule has 90 valence electrons. The van der Waals surface area contributed by atoms with Crippen LogP contribution in [-0.4, -0.2) is 31.6 Å². The van der Waals surface area contributed by atoms with Crippen molar-refractivity contribution in [2.45, 2.75) is 19.4 Å². The fourth-order valence-corrected chi connectivity index (χ4v) is 2.92. The summed E-state index contributed by atoms with van der Waals surface area (Å²) in [5.74, 6) is 0.984. The summed E-state index contributed by atoms with van der Waals surface area (Å²) in [5, 5.41) is 5.74. The normalized spacial score (nSPS) is 15.9. The molecule has 2 nitrogen and oxygen atoms in total. The van der Waals surface area contributed by atoms with E-state index in [1.807, 2.05) is 0 Å². The Balaban J connectivity index is 1.57. The van der Waals surface area contributed by atoms with E-state index >= 15 is 0 Å². The van der Waals surface area contributed by atoms with Gasteiger partial charge in [-0.2, -0.15) is 0 Å². The summed E-state index contributed by atoms with van der Waals surface area (Å²) >= 11 is 5.26. The molecule has 16 heavy (non-hydrogen) atoms. The lowest BCUT2D eigenvalue weighted by molar-refractivity contribution is 0.324. The van der Waals surface area contributed by atoms with E-state index in [1.54, 1.807) is 11.3 Å². The van der Waals surface area contributed by atoms with Crippen molar-refractivity contribution in [1.29, 1.82) is 0 Å². The van der Waals surface area contributed by atoms with Gasteiger partial charge in [0.25, 0.3) is 0 Å². The first-order chi connectivity index (χ1) is 7.74. The molecule has 0 spiro atoms. The molecule has 1 aromatic rings. The number of thiophene rings is 1. The Morgan fingerprint density at radius 2 is 2.38 bits per heavy atom. The summed E-state index contributed by atoms with van der Waals surface area (Å²) in [7, 11) is 2.18. The van der Waals surface area contributed by atoms with Crippen molar-refractivity contribution in [3.63, 3.8) is 0 Å². The Kier molecular flexibility index (Phi) is 4.82. The van der Waals surface area contributed by atoms with Gasteiger partial charge in [-0.25, -0.2) is 0 Å². The minimum absolute atomic E-state index is 0.984. The molecule has 1 aliphatic rings. The maximum absolute atomic E-state index is 3.52. The zero-order chi connectivity index (χ0) is 11.4. The maximum Gasteiger partial charge on any atom is 0.0701 e. The molecule has 0 atom stereocenters. The first kappa shape index (κ1) is 12.6. The standard InChI is InChI=1S/C12H19BrN2S/c1-15(5-4-14-7-10-2-3-10)8-11-6-12(13)16-9-11/h6,9-10,14H,2-5,7-8H2,1H3. The van der Waals surface area contributed by atoms with Crippen LogP contribution in [0, 0.1) is 5.92 Å². The van der Waals surface area contributed by atoms with E-state index in [9.17, 15) is 0 Å². The summed E-state index contributed by atoms with van der Waals surface area (Å²) in [6.45, 7) is 4.50. The van der Waals surface area contributed by atoms with Crippen LogP contribution in [0.5, 0.6) is 0 Å². The van der Waals surface area contributed by atoms with E-state index in [1.165, 1.54) is 28.7 Å². The monoisotopic (exact) mass is 302 g/mol. The van der Waals surface area contributed by atoms with Gasteiger partial charge in [0.1, 0.15) is 0 Å². The van der Waals surface area contributed by atoms with Crippen molar-refractivity contribution in [2.75, 3.05) is 26.7 Å². The summed E-state index contributed by atoms with van der Waals surface area (Å²) in [6, 6.07) is 2.21. The van der Waals surface area contributed by atoms with Crippen LogP contribution in [-0.2, 0) is 6.54 Å². The lowest BCUT2D eigenvalue weighted by atomic mass is 10.3. The van der Waals surface area contributed by atoms with E-state index in [0.29, 0.717) is 0 Å². The van der Waals surface area contributed by atoms with Gasteiger partial charge in [0, 0.05) is 19.6 Å². The molecule has 1 aliphatic carbocycles. The van der Waals surface area contributed by atoms with Crippen molar-refractivity contribution in [3.8, 4) is 0 Å². The molecule has 1 saturated carbocycles. The molecular weight excluding hydrogens is 284 g/mol. The van der Waals surface area contributed by atoms with Crippen LogP contribution in [0.1, 0.15) is 18.4 Å². The molecule has 0 radical (unpaired) electrons. The molecule has 1 N–H and O–H groups in total. The van der Waals surface area contributed by atoms with Crippen molar-refractivity contribution in [1.82, 2.24) is 10.2 Å². The molecule has 1 aromatic heterocycles. The zero-order valence-corrected chi connectivity index (χ0v) is 12.1. The van der Waals surface area contributed by atoms with Crippen molar-refractivity contribution in [3.05, 3.63) is 20.8 Å². The number of nitrogens with zero attached hydrogens (tertiary/aromatic N) is 1. The Morgan fingerprint density at radius 3 is 3.00 bits per heavy atom. The number of hydrogen-bond acceptors (Lipinski definition) is 3. The van der Waals surface area contributed by atoms with Gasteiger partial charge in [0.05, 0.1) is 3.79 Å². The summed E-state index contributed by atoms with van der Waals surface area (Å²) in [5.41, 5.74) is 1.40. The SMILES string of the molecule is CN(CCNCC1CC1)Cc1csc(Br)c1. The van der Waals surface area contributed by atoms with Crippen molar-refractivity contribution in [2.24, 2.45) is 5.92 Å². The van der Waals surface area contributed by atoms with Gasteiger partial charge in [-0.3, -0.25) is 0 Å². The minimum Gasteiger partial charge on any atom is -0.315 e. The molecule has 2 rings (SSSR count). The molecule has 4 heteroatoms. The van der Waals surface area contributed by atoms with Gasteiger partial charge in [-0.05, 0) is 65.3 Å². The highest BCUT2D eigenvalue weighted by Crippen LogP contribution is 2.27. The van der Waals surface area contributed by atoms with Gasteiger partial charge >= 0.3 is 0 Å². The Labute approximate surface area is 110 Å². The van der Waals surface area contributed by atoms with Gasteiger partial charge < -0.3 is 10.2 Å². The first-order valence-corrected chi connectivity index (χ1v) is 7.53. The molecule has 1 heterocycles. The molecule has 1 fully saturated rings. The molecule has 0 aliphatic heterocycles. The highest BCUT2D eigenvalue weighted by Gasteiger charge is 2.19. The minimum atomic E-state index is 0.984. The molecule has 0 aromatic carbocycles. The van der Waals surface area contributed by atoms with E-state index in [-0.39, 0.29) is 0 Å².